The van der Waals surface area contributed by atoms with E-state index in [1.54, 1.807) is 0 Å². The number of nitrogens with one attached hydrogen (secondary N) is 1. The predicted molar refractivity (Wildman–Crippen MR) is 68.5 cm³/mol. The Morgan fingerprint density at radius 2 is 1.78 bits per heavy atom. The fraction of sp³-hybridized carbons (Fsp3) is 1.00. The summed E-state index contributed by atoms with van der Waals surface area (Å²) in [5, 5.41) is 3.22. The van der Waals surface area contributed by atoms with Crippen molar-refractivity contribution in [3.8, 4) is 0 Å². The van der Waals surface area contributed by atoms with Crippen LogP contribution in [0.4, 0.5) is 13.2 Å². The number of hydrogen-bond donors (Lipinski definition) is 1. The molecule has 4 atom stereocenters. The molecule has 1 fully saturated rings. The molecule has 1 saturated carbocycles. The van der Waals surface area contributed by atoms with E-state index in [4.69, 9.17) is 0 Å². The highest BCUT2D eigenvalue weighted by atomic mass is 19.4. The summed E-state index contributed by atoms with van der Waals surface area (Å²) in [7, 11) is 0. The molecule has 0 bridgehead atoms. The Bertz CT molecular complexity index is 240. The maximum absolute atomic E-state index is 12.9. The van der Waals surface area contributed by atoms with Crippen LogP contribution in [0.3, 0.4) is 0 Å². The maximum atomic E-state index is 12.9. The minimum Gasteiger partial charge on any atom is -0.311 e. The summed E-state index contributed by atoms with van der Waals surface area (Å²) in [5.74, 6) is -0.578. The molecular weight excluding hydrogens is 239 g/mol. The highest BCUT2D eigenvalue weighted by Crippen LogP contribution is 2.38. The van der Waals surface area contributed by atoms with Crippen molar-refractivity contribution in [2.45, 2.75) is 77.6 Å². The molecule has 0 aromatic heterocycles. The van der Waals surface area contributed by atoms with Crippen LogP contribution in [0.25, 0.3) is 0 Å². The van der Waals surface area contributed by atoms with E-state index < -0.39 is 12.1 Å². The zero-order valence-corrected chi connectivity index (χ0v) is 11.7. The quantitative estimate of drug-likeness (QED) is 0.770. The van der Waals surface area contributed by atoms with E-state index >= 15 is 0 Å². The molecule has 1 N–H and O–H groups in total. The van der Waals surface area contributed by atoms with Gasteiger partial charge in [0.1, 0.15) is 0 Å². The van der Waals surface area contributed by atoms with E-state index in [2.05, 4.69) is 19.2 Å². The van der Waals surface area contributed by atoms with Crippen LogP contribution in [-0.4, -0.2) is 18.3 Å². The van der Waals surface area contributed by atoms with Crippen LogP contribution in [0.2, 0.25) is 0 Å². The first-order chi connectivity index (χ1) is 8.34. The van der Waals surface area contributed by atoms with Crippen molar-refractivity contribution >= 4 is 0 Å². The van der Waals surface area contributed by atoms with E-state index in [0.29, 0.717) is 18.8 Å². The molecule has 0 amide bonds. The second-order valence-electron chi connectivity index (χ2n) is 5.86. The first-order valence-electron chi connectivity index (χ1n) is 7.17. The van der Waals surface area contributed by atoms with Crippen LogP contribution in [0, 0.1) is 11.8 Å². The van der Waals surface area contributed by atoms with Gasteiger partial charge in [0.15, 0.2) is 0 Å². The number of alkyl halides is 3. The molecule has 1 aliphatic carbocycles. The summed E-state index contributed by atoms with van der Waals surface area (Å²) < 4.78 is 38.8. The van der Waals surface area contributed by atoms with Crippen LogP contribution in [0.15, 0.2) is 0 Å². The minimum absolute atomic E-state index is 0.174. The summed E-state index contributed by atoms with van der Waals surface area (Å²) in [6.45, 7) is 6.28. The first-order valence-corrected chi connectivity index (χ1v) is 7.17. The average molecular weight is 265 g/mol. The average Bonchev–Trinajstić information content (AvgIpc) is 2.27. The lowest BCUT2D eigenvalue weighted by atomic mass is 9.83. The Hall–Kier alpha value is -0.250. The maximum Gasteiger partial charge on any atom is 0.393 e. The van der Waals surface area contributed by atoms with Crippen molar-refractivity contribution in [1.29, 1.82) is 0 Å². The van der Waals surface area contributed by atoms with Gasteiger partial charge < -0.3 is 5.32 Å². The molecule has 4 heteroatoms. The van der Waals surface area contributed by atoms with Gasteiger partial charge >= 0.3 is 6.18 Å². The summed E-state index contributed by atoms with van der Waals surface area (Å²) in [6.07, 6.45) is 0.569. The molecule has 0 radical (unpaired) electrons. The Morgan fingerprint density at radius 1 is 1.17 bits per heavy atom. The van der Waals surface area contributed by atoms with Crippen LogP contribution in [-0.2, 0) is 0 Å². The normalized spacial score (nSPS) is 29.0. The van der Waals surface area contributed by atoms with Crippen LogP contribution < -0.4 is 5.32 Å². The first kappa shape index (κ1) is 15.8. The lowest BCUT2D eigenvalue weighted by Gasteiger charge is -2.36. The van der Waals surface area contributed by atoms with E-state index in [-0.39, 0.29) is 18.5 Å². The van der Waals surface area contributed by atoms with Gasteiger partial charge in [-0.2, -0.15) is 13.2 Å². The molecule has 1 aliphatic rings. The second-order valence-corrected chi connectivity index (χ2v) is 5.86. The molecule has 0 aromatic rings. The molecule has 4 unspecified atom stereocenters. The van der Waals surface area contributed by atoms with Crippen molar-refractivity contribution in [2.75, 3.05) is 0 Å². The van der Waals surface area contributed by atoms with E-state index in [1.807, 2.05) is 6.92 Å². The van der Waals surface area contributed by atoms with Crippen LogP contribution in [0.1, 0.15) is 59.3 Å². The van der Waals surface area contributed by atoms with Crippen molar-refractivity contribution in [3.05, 3.63) is 0 Å². The summed E-state index contributed by atoms with van der Waals surface area (Å²) in [5.41, 5.74) is 0. The standard InChI is InChI=1S/C14H26F3N/c1-4-10(2)9-11(3)18-13-8-6-5-7-12(13)14(15,16)17/h10-13,18H,4-9H2,1-3H3. The van der Waals surface area contributed by atoms with Crippen LogP contribution >= 0.6 is 0 Å². The molecule has 0 spiro atoms. The minimum atomic E-state index is -4.05. The van der Waals surface area contributed by atoms with Gasteiger partial charge in [-0.3, -0.25) is 0 Å². The molecule has 1 nitrogen and oxygen atoms in total. The number of rotatable bonds is 5. The lowest BCUT2D eigenvalue weighted by Crippen LogP contribution is -2.48. The number of halogens is 3. The zero-order chi connectivity index (χ0) is 13.8. The van der Waals surface area contributed by atoms with Crippen LogP contribution in [0.5, 0.6) is 0 Å². The SMILES string of the molecule is CCC(C)CC(C)NC1CCCCC1C(F)(F)F. The Kier molecular flexibility index (Phi) is 5.96. The van der Waals surface area contributed by atoms with Crippen molar-refractivity contribution < 1.29 is 13.2 Å². The van der Waals surface area contributed by atoms with Crippen molar-refractivity contribution in [3.63, 3.8) is 0 Å². The van der Waals surface area contributed by atoms with Crippen molar-refractivity contribution in [2.24, 2.45) is 11.8 Å². The van der Waals surface area contributed by atoms with Gasteiger partial charge in [0.25, 0.3) is 0 Å². The predicted octanol–water partition coefficient (Wildman–Crippen LogP) is 4.52. The zero-order valence-electron chi connectivity index (χ0n) is 11.7. The molecular formula is C14H26F3N. The third-order valence-electron chi connectivity index (χ3n) is 4.14. The third-order valence-corrected chi connectivity index (χ3v) is 4.14. The van der Waals surface area contributed by atoms with Gasteiger partial charge in [-0.1, -0.05) is 33.1 Å². The van der Waals surface area contributed by atoms with E-state index in [9.17, 15) is 13.2 Å². The van der Waals surface area contributed by atoms with Gasteiger partial charge in [-0.05, 0) is 32.1 Å². The second kappa shape index (κ2) is 6.78. The summed E-state index contributed by atoms with van der Waals surface area (Å²) in [4.78, 5) is 0. The van der Waals surface area contributed by atoms with E-state index in [1.165, 1.54) is 0 Å². The molecule has 0 aromatic carbocycles. The summed E-state index contributed by atoms with van der Waals surface area (Å²) >= 11 is 0. The monoisotopic (exact) mass is 265 g/mol. The highest BCUT2D eigenvalue weighted by molar-refractivity contribution is 4.87. The fourth-order valence-corrected chi connectivity index (χ4v) is 2.93. The van der Waals surface area contributed by atoms with E-state index in [0.717, 1.165) is 19.3 Å². The lowest BCUT2D eigenvalue weighted by molar-refractivity contribution is -0.189. The molecule has 0 aliphatic heterocycles. The van der Waals surface area contributed by atoms with Gasteiger partial charge in [0.2, 0.25) is 0 Å². The van der Waals surface area contributed by atoms with Gasteiger partial charge in [-0.25, -0.2) is 0 Å². The molecule has 108 valence electrons. The summed E-state index contributed by atoms with van der Waals surface area (Å²) in [6, 6.07) is -0.203. The molecule has 0 saturated heterocycles. The molecule has 1 rings (SSSR count). The Labute approximate surface area is 109 Å². The Balaban J connectivity index is 2.51. The van der Waals surface area contributed by atoms with Gasteiger partial charge in [0, 0.05) is 12.1 Å². The number of hydrogen-bond acceptors (Lipinski definition) is 1. The molecule has 18 heavy (non-hydrogen) atoms. The third kappa shape index (κ3) is 4.79. The Morgan fingerprint density at radius 3 is 2.33 bits per heavy atom. The largest absolute Gasteiger partial charge is 0.393 e. The van der Waals surface area contributed by atoms with Crippen molar-refractivity contribution in [1.82, 2.24) is 5.32 Å². The topological polar surface area (TPSA) is 12.0 Å². The smallest absolute Gasteiger partial charge is 0.311 e. The fourth-order valence-electron chi connectivity index (χ4n) is 2.93. The van der Waals surface area contributed by atoms with Gasteiger partial charge in [0.05, 0.1) is 5.92 Å². The highest BCUT2D eigenvalue weighted by Gasteiger charge is 2.45. The van der Waals surface area contributed by atoms with Gasteiger partial charge in [-0.15, -0.1) is 0 Å². The molecule has 0 heterocycles.